The van der Waals surface area contributed by atoms with E-state index in [1.165, 1.54) is 16.9 Å². The number of nitrogen functional groups attached to an aromatic ring is 1. The molecule has 2 heterocycles. The third kappa shape index (κ3) is 2.33. The van der Waals surface area contributed by atoms with Crippen LogP contribution in [0.25, 0.3) is 21.5 Å². The molecule has 2 aromatic heterocycles. The second-order valence-electron chi connectivity index (χ2n) is 5.28. The number of primary amides is 1. The van der Waals surface area contributed by atoms with Gasteiger partial charge >= 0.3 is 0 Å². The number of aromatic nitrogens is 1. The molecule has 0 saturated heterocycles. The van der Waals surface area contributed by atoms with Gasteiger partial charge in [-0.15, -0.1) is 11.3 Å². The lowest BCUT2D eigenvalue weighted by molar-refractivity contribution is 0.100. The molecule has 0 unspecified atom stereocenters. The predicted molar refractivity (Wildman–Crippen MR) is 92.1 cm³/mol. The Morgan fingerprint density at radius 3 is 2.55 bits per heavy atom. The van der Waals surface area contributed by atoms with Gasteiger partial charge in [-0.3, -0.25) is 4.79 Å². The summed E-state index contributed by atoms with van der Waals surface area (Å²) in [5, 5.41) is 0.858. The van der Waals surface area contributed by atoms with Crippen molar-refractivity contribution in [3.63, 3.8) is 0 Å². The molecular formula is C17H17N3OS. The van der Waals surface area contributed by atoms with E-state index in [-0.39, 0.29) is 0 Å². The van der Waals surface area contributed by atoms with Crippen LogP contribution in [0, 0.1) is 6.92 Å². The Bertz CT molecular complexity index is 866. The van der Waals surface area contributed by atoms with Crippen LogP contribution in [0.15, 0.2) is 30.3 Å². The third-order valence-corrected chi connectivity index (χ3v) is 4.85. The van der Waals surface area contributed by atoms with Crippen LogP contribution in [-0.4, -0.2) is 10.9 Å². The Labute approximate surface area is 132 Å². The van der Waals surface area contributed by atoms with E-state index in [2.05, 4.69) is 43.1 Å². The second kappa shape index (κ2) is 5.42. The molecule has 3 rings (SSSR count). The Morgan fingerprint density at radius 1 is 1.27 bits per heavy atom. The molecule has 0 saturated carbocycles. The molecule has 1 amide bonds. The number of carbonyl (C=O) groups is 1. The number of thiophene rings is 1. The summed E-state index contributed by atoms with van der Waals surface area (Å²) in [4.78, 5) is 17.3. The molecule has 0 aliphatic rings. The minimum Gasteiger partial charge on any atom is -0.397 e. The molecule has 0 aliphatic carbocycles. The lowest BCUT2D eigenvalue weighted by atomic mass is 10.0. The van der Waals surface area contributed by atoms with E-state index in [9.17, 15) is 4.79 Å². The number of nitrogens with two attached hydrogens (primary N) is 2. The summed E-state index contributed by atoms with van der Waals surface area (Å²) in [5.41, 5.74) is 16.2. The van der Waals surface area contributed by atoms with Crippen molar-refractivity contribution in [3.05, 3.63) is 46.3 Å². The van der Waals surface area contributed by atoms with Gasteiger partial charge in [0.05, 0.1) is 11.4 Å². The first-order chi connectivity index (χ1) is 10.5. The fourth-order valence-corrected chi connectivity index (χ4v) is 3.53. The predicted octanol–water partition coefficient (Wildman–Crippen LogP) is 3.52. The Morgan fingerprint density at radius 2 is 1.95 bits per heavy atom. The Hall–Kier alpha value is -2.40. The van der Waals surface area contributed by atoms with Crippen LogP contribution in [0.4, 0.5) is 5.69 Å². The normalized spacial score (nSPS) is 11.0. The lowest BCUT2D eigenvalue weighted by Gasteiger charge is -2.06. The number of amides is 1. The molecule has 4 N–H and O–H groups in total. The first-order valence-electron chi connectivity index (χ1n) is 7.10. The maximum absolute atomic E-state index is 11.5. The molecule has 0 spiro atoms. The van der Waals surface area contributed by atoms with Crippen LogP contribution in [0.2, 0.25) is 0 Å². The van der Waals surface area contributed by atoms with Crippen molar-refractivity contribution < 1.29 is 4.79 Å². The highest BCUT2D eigenvalue weighted by Gasteiger charge is 2.18. The number of rotatable bonds is 3. The maximum Gasteiger partial charge on any atom is 0.260 e. The van der Waals surface area contributed by atoms with E-state index in [1.807, 2.05) is 6.07 Å². The van der Waals surface area contributed by atoms with Gasteiger partial charge in [0.1, 0.15) is 9.71 Å². The van der Waals surface area contributed by atoms with E-state index in [1.54, 1.807) is 0 Å². The minimum absolute atomic E-state index is 0.387. The van der Waals surface area contributed by atoms with Gasteiger partial charge in [-0.05, 0) is 25.0 Å². The van der Waals surface area contributed by atoms with Crippen LogP contribution < -0.4 is 11.5 Å². The summed E-state index contributed by atoms with van der Waals surface area (Å²) in [6, 6.07) is 10.3. The van der Waals surface area contributed by atoms with Gasteiger partial charge < -0.3 is 11.5 Å². The summed E-state index contributed by atoms with van der Waals surface area (Å²) < 4.78 is 0. The first kappa shape index (κ1) is 14.5. The van der Waals surface area contributed by atoms with Crippen LogP contribution >= 0.6 is 11.3 Å². The van der Waals surface area contributed by atoms with E-state index in [0.717, 1.165) is 33.5 Å². The van der Waals surface area contributed by atoms with Gasteiger partial charge in [0.15, 0.2) is 0 Å². The number of fused-ring (bicyclic) bond motifs is 1. The molecule has 112 valence electrons. The quantitative estimate of drug-likeness (QED) is 0.776. The summed E-state index contributed by atoms with van der Waals surface area (Å²) >= 11 is 1.26. The molecule has 1 aromatic carbocycles. The summed E-state index contributed by atoms with van der Waals surface area (Å²) in [7, 11) is 0. The monoisotopic (exact) mass is 311 g/mol. The largest absolute Gasteiger partial charge is 0.397 e. The highest BCUT2D eigenvalue weighted by Crippen LogP contribution is 2.37. The zero-order valence-corrected chi connectivity index (χ0v) is 13.3. The number of benzene rings is 1. The number of anilines is 1. The zero-order valence-electron chi connectivity index (χ0n) is 12.5. The minimum atomic E-state index is -0.501. The first-order valence-corrected chi connectivity index (χ1v) is 7.91. The van der Waals surface area contributed by atoms with E-state index in [0.29, 0.717) is 10.6 Å². The van der Waals surface area contributed by atoms with Crippen molar-refractivity contribution >= 4 is 33.1 Å². The molecule has 22 heavy (non-hydrogen) atoms. The van der Waals surface area contributed by atoms with Gasteiger partial charge in [0.2, 0.25) is 0 Å². The number of nitrogens with zero attached hydrogens (tertiary/aromatic N) is 1. The second-order valence-corrected chi connectivity index (χ2v) is 6.27. The summed E-state index contributed by atoms with van der Waals surface area (Å²) in [5.74, 6) is -0.501. The highest BCUT2D eigenvalue weighted by molar-refractivity contribution is 7.21. The molecule has 0 fully saturated rings. The Kier molecular flexibility index (Phi) is 3.58. The summed E-state index contributed by atoms with van der Waals surface area (Å²) in [6.45, 7) is 4.12. The average Bonchev–Trinajstić information content (AvgIpc) is 2.84. The standard InChI is InChI=1S/C17H17N3OS/c1-3-10-8-12(11-6-4-9(2)5-7-11)20-17-13(10)14(18)15(22-17)16(19)21/h4-8H,3,18H2,1-2H3,(H2,19,21). The van der Waals surface area contributed by atoms with Crippen LogP contribution in [-0.2, 0) is 6.42 Å². The number of hydrogen-bond donors (Lipinski definition) is 2. The molecule has 3 aromatic rings. The van der Waals surface area contributed by atoms with E-state index < -0.39 is 5.91 Å². The number of pyridine rings is 1. The molecule has 0 atom stereocenters. The van der Waals surface area contributed by atoms with Crippen molar-refractivity contribution in [3.8, 4) is 11.3 Å². The maximum atomic E-state index is 11.5. The highest BCUT2D eigenvalue weighted by atomic mass is 32.1. The van der Waals surface area contributed by atoms with Crippen LogP contribution in [0.3, 0.4) is 0 Å². The van der Waals surface area contributed by atoms with E-state index in [4.69, 9.17) is 11.5 Å². The SMILES string of the molecule is CCc1cc(-c2ccc(C)cc2)nc2sc(C(N)=O)c(N)c12. The molecule has 0 radical (unpaired) electrons. The Balaban J connectivity index is 2.26. The van der Waals surface area contributed by atoms with Gasteiger partial charge in [-0.1, -0.05) is 36.8 Å². The van der Waals surface area contributed by atoms with Crippen LogP contribution in [0.5, 0.6) is 0 Å². The van der Waals surface area contributed by atoms with Gasteiger partial charge in [0, 0.05) is 10.9 Å². The van der Waals surface area contributed by atoms with Gasteiger partial charge in [-0.2, -0.15) is 0 Å². The van der Waals surface area contributed by atoms with Crippen molar-refractivity contribution in [2.75, 3.05) is 5.73 Å². The number of aryl methyl sites for hydroxylation is 2. The molecule has 4 nitrogen and oxygen atoms in total. The van der Waals surface area contributed by atoms with Crippen molar-refractivity contribution in [2.45, 2.75) is 20.3 Å². The smallest absolute Gasteiger partial charge is 0.260 e. The fourth-order valence-electron chi connectivity index (χ4n) is 2.53. The van der Waals surface area contributed by atoms with Crippen LogP contribution in [0.1, 0.15) is 27.7 Å². The van der Waals surface area contributed by atoms with Crippen molar-refractivity contribution in [1.29, 1.82) is 0 Å². The third-order valence-electron chi connectivity index (χ3n) is 3.73. The van der Waals surface area contributed by atoms with Crippen molar-refractivity contribution in [1.82, 2.24) is 4.98 Å². The average molecular weight is 311 g/mol. The number of carbonyl (C=O) groups excluding carboxylic acids is 1. The van der Waals surface area contributed by atoms with E-state index >= 15 is 0 Å². The molecular weight excluding hydrogens is 294 g/mol. The zero-order chi connectivity index (χ0) is 15.9. The summed E-state index contributed by atoms with van der Waals surface area (Å²) in [6.07, 6.45) is 0.816. The molecule has 0 aliphatic heterocycles. The number of hydrogen-bond acceptors (Lipinski definition) is 4. The molecule has 5 heteroatoms. The molecule has 0 bridgehead atoms. The topological polar surface area (TPSA) is 82.0 Å². The van der Waals surface area contributed by atoms with Gasteiger partial charge in [-0.25, -0.2) is 4.98 Å². The van der Waals surface area contributed by atoms with Crippen molar-refractivity contribution in [2.24, 2.45) is 5.73 Å². The lowest BCUT2D eigenvalue weighted by Crippen LogP contribution is -2.10. The van der Waals surface area contributed by atoms with Gasteiger partial charge in [0.25, 0.3) is 5.91 Å². The fraction of sp³-hybridized carbons (Fsp3) is 0.176.